The Morgan fingerprint density at radius 3 is 2.54 bits per heavy atom. The fourth-order valence-corrected chi connectivity index (χ4v) is 3.42. The molecule has 130 valence electrons. The van der Waals surface area contributed by atoms with E-state index in [2.05, 4.69) is 20.4 Å². The van der Waals surface area contributed by atoms with E-state index in [1.807, 2.05) is 66.2 Å². The summed E-state index contributed by atoms with van der Waals surface area (Å²) in [5.74, 6) is 2.27. The summed E-state index contributed by atoms with van der Waals surface area (Å²) in [4.78, 5) is 0. The van der Waals surface area contributed by atoms with Gasteiger partial charge in [0.05, 0.1) is 10.8 Å². The average molecular weight is 384 g/mol. The Morgan fingerprint density at radius 1 is 0.962 bits per heavy atom. The van der Waals surface area contributed by atoms with Crippen LogP contribution in [0.4, 0.5) is 0 Å². The molecule has 0 aliphatic heterocycles. The van der Waals surface area contributed by atoms with E-state index in [9.17, 15) is 0 Å². The third-order valence-electron chi connectivity index (χ3n) is 3.76. The summed E-state index contributed by atoms with van der Waals surface area (Å²) in [5, 5.41) is 18.1. The van der Waals surface area contributed by atoms with Crippen LogP contribution >= 0.6 is 23.4 Å². The van der Waals surface area contributed by atoms with Crippen molar-refractivity contribution in [3.8, 4) is 22.8 Å². The molecular formula is C18H14ClN5OS. The topological polar surface area (TPSA) is 69.6 Å². The molecule has 26 heavy (non-hydrogen) atoms. The first-order valence-electron chi connectivity index (χ1n) is 7.87. The Kier molecular flexibility index (Phi) is 4.73. The average Bonchev–Trinajstić information content (AvgIpc) is 3.28. The van der Waals surface area contributed by atoms with Crippen LogP contribution in [0.2, 0.25) is 5.02 Å². The fourth-order valence-electron chi connectivity index (χ4n) is 2.45. The van der Waals surface area contributed by atoms with E-state index in [-0.39, 0.29) is 0 Å². The Morgan fingerprint density at radius 2 is 1.73 bits per heavy atom. The van der Waals surface area contributed by atoms with Gasteiger partial charge in [0, 0.05) is 18.2 Å². The van der Waals surface area contributed by atoms with Crippen molar-refractivity contribution in [3.63, 3.8) is 0 Å². The van der Waals surface area contributed by atoms with Crippen LogP contribution in [0.15, 0.2) is 64.2 Å². The minimum atomic E-state index is 0.508. The van der Waals surface area contributed by atoms with Crippen LogP contribution in [-0.2, 0) is 12.8 Å². The van der Waals surface area contributed by atoms with Crippen molar-refractivity contribution >= 4 is 23.4 Å². The molecule has 6 nitrogen and oxygen atoms in total. The van der Waals surface area contributed by atoms with Crippen molar-refractivity contribution in [3.05, 3.63) is 65.5 Å². The van der Waals surface area contributed by atoms with Gasteiger partial charge in [-0.2, -0.15) is 0 Å². The van der Waals surface area contributed by atoms with Gasteiger partial charge in [-0.15, -0.1) is 20.4 Å². The van der Waals surface area contributed by atoms with E-state index in [0.717, 1.165) is 16.3 Å². The third-order valence-corrected chi connectivity index (χ3v) is 5.10. The van der Waals surface area contributed by atoms with E-state index in [0.29, 0.717) is 28.4 Å². The minimum absolute atomic E-state index is 0.508. The van der Waals surface area contributed by atoms with Crippen LogP contribution in [-0.4, -0.2) is 25.0 Å². The molecule has 0 amide bonds. The number of benzene rings is 2. The van der Waals surface area contributed by atoms with Gasteiger partial charge in [-0.05, 0) is 24.3 Å². The SMILES string of the molecule is Cn1c(SCc2nnc(-c3ccccc3)o2)nnc1-c1ccccc1Cl. The molecule has 4 aromatic rings. The molecule has 2 aromatic carbocycles. The smallest absolute Gasteiger partial charge is 0.247 e. The summed E-state index contributed by atoms with van der Waals surface area (Å²) in [5.41, 5.74) is 1.75. The highest BCUT2D eigenvalue weighted by molar-refractivity contribution is 7.98. The maximum absolute atomic E-state index is 6.25. The predicted octanol–water partition coefficient (Wildman–Crippen LogP) is 4.48. The highest BCUT2D eigenvalue weighted by Crippen LogP contribution is 2.29. The van der Waals surface area contributed by atoms with Gasteiger partial charge in [0.2, 0.25) is 11.8 Å². The monoisotopic (exact) mass is 383 g/mol. The van der Waals surface area contributed by atoms with Crippen LogP contribution < -0.4 is 0 Å². The second-order valence-electron chi connectivity index (χ2n) is 5.50. The number of thioether (sulfide) groups is 1. The second-order valence-corrected chi connectivity index (χ2v) is 6.85. The highest BCUT2D eigenvalue weighted by Gasteiger charge is 2.15. The van der Waals surface area contributed by atoms with Gasteiger partial charge < -0.3 is 8.98 Å². The zero-order valence-electron chi connectivity index (χ0n) is 13.8. The quantitative estimate of drug-likeness (QED) is 0.473. The molecule has 0 bridgehead atoms. The number of rotatable bonds is 5. The predicted molar refractivity (Wildman–Crippen MR) is 101 cm³/mol. The Balaban J connectivity index is 1.50. The highest BCUT2D eigenvalue weighted by atomic mass is 35.5. The van der Waals surface area contributed by atoms with E-state index in [4.69, 9.17) is 16.0 Å². The normalized spacial score (nSPS) is 11.0. The molecule has 0 aliphatic rings. The number of hydrogen-bond acceptors (Lipinski definition) is 6. The summed E-state index contributed by atoms with van der Waals surface area (Å²) in [7, 11) is 1.91. The maximum Gasteiger partial charge on any atom is 0.247 e. The van der Waals surface area contributed by atoms with Gasteiger partial charge in [0.15, 0.2) is 11.0 Å². The van der Waals surface area contributed by atoms with Gasteiger partial charge in [-0.1, -0.05) is 53.7 Å². The molecular weight excluding hydrogens is 370 g/mol. The van der Waals surface area contributed by atoms with Crippen molar-refractivity contribution in [2.24, 2.45) is 7.05 Å². The molecule has 2 aromatic heterocycles. The molecule has 0 spiro atoms. The van der Waals surface area contributed by atoms with E-state index in [1.165, 1.54) is 11.8 Å². The zero-order chi connectivity index (χ0) is 17.9. The van der Waals surface area contributed by atoms with Gasteiger partial charge in [0.25, 0.3) is 0 Å². The van der Waals surface area contributed by atoms with Gasteiger partial charge in [-0.3, -0.25) is 0 Å². The fraction of sp³-hybridized carbons (Fsp3) is 0.111. The molecule has 0 atom stereocenters. The molecule has 0 fully saturated rings. The van der Waals surface area contributed by atoms with Crippen molar-refractivity contribution in [2.75, 3.05) is 0 Å². The summed E-state index contributed by atoms with van der Waals surface area (Å²) in [6, 6.07) is 17.2. The number of nitrogens with zero attached hydrogens (tertiary/aromatic N) is 5. The second kappa shape index (κ2) is 7.31. The minimum Gasteiger partial charge on any atom is -0.420 e. The van der Waals surface area contributed by atoms with Crippen LogP contribution in [0, 0.1) is 0 Å². The van der Waals surface area contributed by atoms with Crippen molar-refractivity contribution < 1.29 is 4.42 Å². The van der Waals surface area contributed by atoms with Gasteiger partial charge >= 0.3 is 0 Å². The number of aromatic nitrogens is 5. The molecule has 0 saturated heterocycles. The Labute approximate surface area is 159 Å². The molecule has 0 radical (unpaired) electrons. The third kappa shape index (κ3) is 3.36. The zero-order valence-corrected chi connectivity index (χ0v) is 15.4. The lowest BCUT2D eigenvalue weighted by atomic mass is 10.2. The molecule has 0 aliphatic carbocycles. The van der Waals surface area contributed by atoms with E-state index in [1.54, 1.807) is 0 Å². The summed E-state index contributed by atoms with van der Waals surface area (Å²) >= 11 is 7.73. The van der Waals surface area contributed by atoms with Crippen molar-refractivity contribution in [1.29, 1.82) is 0 Å². The Hall–Kier alpha value is -2.64. The van der Waals surface area contributed by atoms with Crippen LogP contribution in [0.1, 0.15) is 5.89 Å². The molecule has 0 unspecified atom stereocenters. The van der Waals surface area contributed by atoms with Crippen LogP contribution in [0.3, 0.4) is 0 Å². The van der Waals surface area contributed by atoms with Crippen LogP contribution in [0.25, 0.3) is 22.8 Å². The molecule has 2 heterocycles. The largest absolute Gasteiger partial charge is 0.420 e. The molecule has 4 rings (SSSR count). The standard InChI is InChI=1S/C18H14ClN5OS/c1-24-16(13-9-5-6-10-14(13)19)21-23-18(24)26-11-15-20-22-17(25-15)12-7-3-2-4-8-12/h2-10H,11H2,1H3. The van der Waals surface area contributed by atoms with Crippen molar-refractivity contribution in [1.82, 2.24) is 25.0 Å². The Bertz CT molecular complexity index is 1030. The lowest BCUT2D eigenvalue weighted by Gasteiger charge is -2.04. The number of hydrogen-bond donors (Lipinski definition) is 0. The lowest BCUT2D eigenvalue weighted by Crippen LogP contribution is -1.95. The first-order valence-corrected chi connectivity index (χ1v) is 9.23. The van der Waals surface area contributed by atoms with Gasteiger partial charge in [0.1, 0.15) is 0 Å². The van der Waals surface area contributed by atoms with Crippen LogP contribution in [0.5, 0.6) is 0 Å². The summed E-state index contributed by atoms with van der Waals surface area (Å²) < 4.78 is 7.62. The maximum atomic E-state index is 6.25. The van der Waals surface area contributed by atoms with E-state index >= 15 is 0 Å². The van der Waals surface area contributed by atoms with Crippen molar-refractivity contribution in [2.45, 2.75) is 10.9 Å². The summed E-state index contributed by atoms with van der Waals surface area (Å²) in [6.07, 6.45) is 0. The molecule has 8 heteroatoms. The summed E-state index contributed by atoms with van der Waals surface area (Å²) in [6.45, 7) is 0. The first kappa shape index (κ1) is 16.8. The lowest BCUT2D eigenvalue weighted by molar-refractivity contribution is 0.528. The number of halogens is 1. The van der Waals surface area contributed by atoms with E-state index < -0.39 is 0 Å². The first-order chi connectivity index (χ1) is 12.7. The molecule has 0 N–H and O–H groups in total. The molecule has 0 saturated carbocycles. The van der Waals surface area contributed by atoms with Gasteiger partial charge in [-0.25, -0.2) is 0 Å².